The van der Waals surface area contributed by atoms with Gasteiger partial charge in [0.15, 0.2) is 0 Å². The van der Waals surface area contributed by atoms with Crippen LogP contribution in [0.3, 0.4) is 0 Å². The van der Waals surface area contributed by atoms with Crippen molar-refractivity contribution in [2.75, 3.05) is 12.0 Å². The van der Waals surface area contributed by atoms with Gasteiger partial charge < -0.3 is 10.1 Å². The number of aromatic nitrogens is 3. The van der Waals surface area contributed by atoms with Crippen molar-refractivity contribution in [3.63, 3.8) is 0 Å². The van der Waals surface area contributed by atoms with Crippen LogP contribution < -0.4 is 15.9 Å². The lowest BCUT2D eigenvalue weighted by atomic mass is 9.88. The zero-order valence-electron chi connectivity index (χ0n) is 22.0. The van der Waals surface area contributed by atoms with E-state index in [4.69, 9.17) is 4.74 Å². The van der Waals surface area contributed by atoms with E-state index in [1.807, 2.05) is 0 Å². The molecule has 2 N–H and O–H groups in total. The molecule has 2 atom stereocenters. The number of fused-ring (bicyclic) bond motifs is 1. The van der Waals surface area contributed by atoms with Crippen molar-refractivity contribution < 1.29 is 27.5 Å². The number of carbonyl (C=O) groups is 2. The van der Waals surface area contributed by atoms with Crippen LogP contribution in [-0.2, 0) is 26.9 Å². The Morgan fingerprint density at radius 2 is 1.98 bits per heavy atom. The molecule has 1 amide bonds. The van der Waals surface area contributed by atoms with Crippen molar-refractivity contribution in [1.82, 2.24) is 20.1 Å². The van der Waals surface area contributed by atoms with Crippen molar-refractivity contribution in [3.8, 4) is 6.07 Å². The number of amides is 1. The highest BCUT2D eigenvalue weighted by molar-refractivity contribution is 5.93. The van der Waals surface area contributed by atoms with Gasteiger partial charge in [0.05, 0.1) is 29.9 Å². The number of nitrogens with one attached hydrogen (secondary N) is 2. The largest absolute Gasteiger partial charge is 0.466 e. The molecule has 1 aliphatic rings. The number of methoxy groups -OCH3 is 1. The molecule has 0 radical (unpaired) electrons. The predicted molar refractivity (Wildman–Crippen MR) is 137 cm³/mol. The second-order valence-corrected chi connectivity index (χ2v) is 9.31. The van der Waals surface area contributed by atoms with Crippen LogP contribution in [0.25, 0.3) is 0 Å². The van der Waals surface area contributed by atoms with Crippen LogP contribution in [0.15, 0.2) is 58.5 Å². The molecule has 40 heavy (non-hydrogen) atoms. The zero-order chi connectivity index (χ0) is 29.4. The van der Waals surface area contributed by atoms with Gasteiger partial charge in [0.25, 0.3) is 0 Å². The Balaban J connectivity index is 1.99. The number of hydrogen-bond acceptors (Lipinski definition) is 7. The second kappa shape index (κ2) is 10.7. The molecule has 1 aliphatic heterocycles. The van der Waals surface area contributed by atoms with Gasteiger partial charge in [0.2, 0.25) is 11.9 Å². The fourth-order valence-corrected chi connectivity index (χ4v) is 4.93. The molecule has 0 aliphatic carbocycles. The standard InChI is InChI=1S/C27H25F3N6O4/c1-14(32-16(3)37)10-18-11-17(13-31)8-9-21(18)23-22(24(38)40-4)15(2)35(25-33-34-26(39)36(23)25)20-7-5-6-19(12-20)27(28,29)30/h5-9,11-12,14,23H,10H2,1-4H3,(H,32,37)(H,34,39). The first-order chi connectivity index (χ1) is 18.9. The minimum Gasteiger partial charge on any atom is -0.466 e. The Kier molecular flexibility index (Phi) is 7.55. The van der Waals surface area contributed by atoms with Gasteiger partial charge in [0, 0.05) is 24.4 Å². The third-order valence-electron chi connectivity index (χ3n) is 6.52. The number of alkyl halides is 3. The first-order valence-corrected chi connectivity index (χ1v) is 12.1. The third kappa shape index (κ3) is 5.20. The molecule has 0 fully saturated rings. The summed E-state index contributed by atoms with van der Waals surface area (Å²) in [5, 5.41) is 18.7. The fourth-order valence-electron chi connectivity index (χ4n) is 4.93. The number of rotatable bonds is 6. The van der Waals surface area contributed by atoms with E-state index >= 15 is 0 Å². The van der Waals surface area contributed by atoms with Gasteiger partial charge in [-0.1, -0.05) is 12.1 Å². The highest BCUT2D eigenvalue weighted by Gasteiger charge is 2.41. The van der Waals surface area contributed by atoms with Gasteiger partial charge in [-0.3, -0.25) is 9.69 Å². The number of esters is 1. The van der Waals surface area contributed by atoms with Crippen LogP contribution >= 0.6 is 0 Å². The number of allylic oxidation sites excluding steroid dienone is 1. The minimum atomic E-state index is -4.63. The maximum Gasteiger partial charge on any atom is 0.416 e. The smallest absolute Gasteiger partial charge is 0.416 e. The number of aromatic amines is 1. The molecule has 2 unspecified atom stereocenters. The Morgan fingerprint density at radius 1 is 1.25 bits per heavy atom. The number of H-pyrrole nitrogens is 1. The first kappa shape index (κ1) is 28.2. The summed E-state index contributed by atoms with van der Waals surface area (Å²) in [5.41, 5.74) is -0.138. The quantitative estimate of drug-likeness (QED) is 0.444. The second-order valence-electron chi connectivity index (χ2n) is 9.31. The van der Waals surface area contributed by atoms with Gasteiger partial charge in [0.1, 0.15) is 6.04 Å². The van der Waals surface area contributed by atoms with E-state index in [1.54, 1.807) is 19.1 Å². The van der Waals surface area contributed by atoms with Crippen LogP contribution in [0.2, 0.25) is 0 Å². The Morgan fingerprint density at radius 3 is 2.60 bits per heavy atom. The van der Waals surface area contributed by atoms with Gasteiger partial charge in [-0.15, -0.1) is 5.10 Å². The summed E-state index contributed by atoms with van der Waals surface area (Å²) >= 11 is 0. The Labute approximate surface area is 226 Å². The average Bonchev–Trinajstić information content (AvgIpc) is 3.27. The summed E-state index contributed by atoms with van der Waals surface area (Å²) in [5.74, 6) is -1.13. The third-order valence-corrected chi connectivity index (χ3v) is 6.52. The van der Waals surface area contributed by atoms with Gasteiger partial charge in [-0.05, 0) is 61.7 Å². The predicted octanol–water partition coefficient (Wildman–Crippen LogP) is 3.72. The maximum atomic E-state index is 13.5. The summed E-state index contributed by atoms with van der Waals surface area (Å²) in [7, 11) is 1.15. The fraction of sp³-hybridized carbons (Fsp3) is 0.296. The molecule has 1 aromatic heterocycles. The van der Waals surface area contributed by atoms with Crippen LogP contribution in [0.5, 0.6) is 0 Å². The monoisotopic (exact) mass is 554 g/mol. The summed E-state index contributed by atoms with van der Waals surface area (Å²) < 4.78 is 46.8. The Hall–Kier alpha value is -4.86. The molecule has 0 saturated carbocycles. The minimum absolute atomic E-state index is 0.0194. The van der Waals surface area contributed by atoms with Gasteiger partial charge in [-0.2, -0.15) is 18.4 Å². The van der Waals surface area contributed by atoms with Crippen LogP contribution in [0, 0.1) is 11.3 Å². The number of benzene rings is 2. The van der Waals surface area contributed by atoms with Gasteiger partial charge >= 0.3 is 17.8 Å². The van der Waals surface area contributed by atoms with Crippen LogP contribution in [0.1, 0.15) is 49.1 Å². The summed E-state index contributed by atoms with van der Waals surface area (Å²) in [6.07, 6.45) is -4.39. The number of hydrogen-bond donors (Lipinski definition) is 2. The van der Waals surface area contributed by atoms with E-state index in [9.17, 15) is 32.8 Å². The molecule has 0 spiro atoms. The van der Waals surface area contributed by atoms with Crippen molar-refractivity contribution in [2.24, 2.45) is 0 Å². The molecule has 208 valence electrons. The maximum absolute atomic E-state index is 13.5. The first-order valence-electron chi connectivity index (χ1n) is 12.1. The molecule has 0 bridgehead atoms. The number of carbonyl (C=O) groups excluding carboxylic acids is 2. The van der Waals surface area contributed by atoms with Crippen molar-refractivity contribution >= 4 is 23.5 Å². The average molecular weight is 555 g/mol. The van der Waals surface area contributed by atoms with Gasteiger partial charge in [-0.25, -0.2) is 19.3 Å². The number of anilines is 2. The summed E-state index contributed by atoms with van der Waals surface area (Å²) in [4.78, 5) is 39.4. The molecule has 0 saturated heterocycles. The van der Waals surface area contributed by atoms with E-state index < -0.39 is 29.4 Å². The summed E-state index contributed by atoms with van der Waals surface area (Å²) in [6.45, 7) is 4.65. The summed E-state index contributed by atoms with van der Waals surface area (Å²) in [6, 6.07) is 9.72. The Bertz CT molecular complexity index is 1620. The number of ether oxygens (including phenoxy) is 1. The SMILES string of the molecule is COC(=O)C1=C(C)N(c2cccc(C(F)(F)F)c2)c2n[nH]c(=O)n2C1c1ccc(C#N)cc1CC(C)NC(C)=O. The number of halogens is 3. The highest BCUT2D eigenvalue weighted by atomic mass is 19.4. The lowest BCUT2D eigenvalue weighted by molar-refractivity contribution is -0.138. The zero-order valence-corrected chi connectivity index (χ0v) is 22.0. The van der Waals surface area contributed by atoms with E-state index in [0.717, 1.165) is 23.8 Å². The molecule has 2 aromatic carbocycles. The number of nitriles is 1. The van der Waals surface area contributed by atoms with E-state index in [1.165, 1.54) is 36.9 Å². The van der Waals surface area contributed by atoms with Crippen molar-refractivity contribution in [1.29, 1.82) is 5.26 Å². The van der Waals surface area contributed by atoms with E-state index in [0.29, 0.717) is 16.7 Å². The molecular formula is C27H25F3N6O4. The highest BCUT2D eigenvalue weighted by Crippen LogP contribution is 2.43. The van der Waals surface area contributed by atoms with Crippen LogP contribution in [0.4, 0.5) is 24.8 Å². The number of nitrogens with zero attached hydrogens (tertiary/aromatic N) is 4. The normalized spacial score (nSPS) is 15.8. The topological polar surface area (TPSA) is 133 Å². The lowest BCUT2D eigenvalue weighted by Gasteiger charge is -2.36. The van der Waals surface area contributed by atoms with E-state index in [-0.39, 0.29) is 41.3 Å². The van der Waals surface area contributed by atoms with E-state index in [2.05, 4.69) is 21.6 Å². The molecule has 3 aromatic rings. The molecular weight excluding hydrogens is 529 g/mol. The van der Waals surface area contributed by atoms with Crippen molar-refractivity contribution in [3.05, 3.63) is 86.5 Å². The van der Waals surface area contributed by atoms with Crippen LogP contribution in [-0.4, -0.2) is 39.8 Å². The lowest BCUT2D eigenvalue weighted by Crippen LogP contribution is -2.38. The molecule has 4 rings (SSSR count). The molecule has 10 nitrogen and oxygen atoms in total. The van der Waals surface area contributed by atoms with Crippen molar-refractivity contribution in [2.45, 2.75) is 45.5 Å². The molecule has 13 heteroatoms. The molecule has 2 heterocycles.